The zero-order valence-electron chi connectivity index (χ0n) is 23.4. The van der Waals surface area contributed by atoms with Gasteiger partial charge < -0.3 is 18.7 Å². The van der Waals surface area contributed by atoms with Crippen molar-refractivity contribution in [3.63, 3.8) is 0 Å². The second kappa shape index (κ2) is 20.5. The van der Waals surface area contributed by atoms with Crippen LogP contribution in [0.25, 0.3) is 28.9 Å². The Kier molecular flexibility index (Phi) is 17.5. The van der Waals surface area contributed by atoms with Gasteiger partial charge in [-0.05, 0) is 38.0 Å². The van der Waals surface area contributed by atoms with Gasteiger partial charge in [0, 0.05) is 38.0 Å². The van der Waals surface area contributed by atoms with Crippen LogP contribution >= 0.6 is 0 Å². The minimum atomic E-state index is -0.410. The SMILES string of the molecule is C/C=C/c1ccc(-c2nc(-c3ccc(C)cc3)no2)cc1.C=CC(=O)OCCOC.CCCCCCOC. The summed E-state index contributed by atoms with van der Waals surface area (Å²) in [5, 5.41) is 4.05. The van der Waals surface area contributed by atoms with Crippen molar-refractivity contribution < 1.29 is 23.5 Å². The predicted octanol–water partition coefficient (Wildman–Crippen LogP) is 7.32. The average molecular weight is 523 g/mol. The molecule has 0 aliphatic rings. The molecule has 0 atom stereocenters. The summed E-state index contributed by atoms with van der Waals surface area (Å²) in [6.45, 7) is 11.1. The molecule has 0 aliphatic carbocycles. The van der Waals surface area contributed by atoms with E-state index in [2.05, 4.69) is 46.1 Å². The molecule has 7 heteroatoms. The summed E-state index contributed by atoms with van der Waals surface area (Å²) in [5.41, 5.74) is 4.25. The average Bonchev–Trinajstić information content (AvgIpc) is 3.43. The van der Waals surface area contributed by atoms with Gasteiger partial charge >= 0.3 is 5.97 Å². The topological polar surface area (TPSA) is 83.7 Å². The molecule has 3 rings (SSSR count). The summed E-state index contributed by atoms with van der Waals surface area (Å²) >= 11 is 0. The lowest BCUT2D eigenvalue weighted by Crippen LogP contribution is -2.06. The minimum Gasteiger partial charge on any atom is -0.460 e. The molecule has 1 heterocycles. The maximum atomic E-state index is 10.3. The van der Waals surface area contributed by atoms with Crippen molar-refractivity contribution >= 4 is 12.0 Å². The first-order valence-electron chi connectivity index (χ1n) is 12.9. The van der Waals surface area contributed by atoms with Gasteiger partial charge in [0.1, 0.15) is 6.61 Å². The van der Waals surface area contributed by atoms with Gasteiger partial charge in [-0.15, -0.1) is 0 Å². The van der Waals surface area contributed by atoms with Gasteiger partial charge in [-0.1, -0.05) is 92.0 Å². The van der Waals surface area contributed by atoms with Crippen molar-refractivity contribution in [3.8, 4) is 22.8 Å². The van der Waals surface area contributed by atoms with Gasteiger partial charge in [0.15, 0.2) is 0 Å². The fourth-order valence-corrected chi connectivity index (χ4v) is 3.05. The van der Waals surface area contributed by atoms with Crippen molar-refractivity contribution in [3.05, 3.63) is 78.4 Å². The molecular weight excluding hydrogens is 480 g/mol. The Morgan fingerprint density at radius 3 is 2.16 bits per heavy atom. The number of aryl methyl sites for hydroxylation is 1. The number of hydrogen-bond donors (Lipinski definition) is 0. The zero-order chi connectivity index (χ0) is 28.0. The van der Waals surface area contributed by atoms with Crippen LogP contribution in [0.3, 0.4) is 0 Å². The molecule has 1 aromatic heterocycles. The maximum absolute atomic E-state index is 10.3. The molecule has 0 amide bonds. The summed E-state index contributed by atoms with van der Waals surface area (Å²) in [4.78, 5) is 14.8. The lowest BCUT2D eigenvalue weighted by Gasteiger charge is -1.98. The highest BCUT2D eigenvalue weighted by molar-refractivity contribution is 5.81. The molecule has 0 saturated carbocycles. The zero-order valence-corrected chi connectivity index (χ0v) is 23.4. The fourth-order valence-electron chi connectivity index (χ4n) is 3.05. The van der Waals surface area contributed by atoms with E-state index in [-0.39, 0.29) is 0 Å². The predicted molar refractivity (Wildman–Crippen MR) is 154 cm³/mol. The van der Waals surface area contributed by atoms with E-state index in [1.54, 1.807) is 14.2 Å². The Morgan fingerprint density at radius 1 is 0.921 bits per heavy atom. The van der Waals surface area contributed by atoms with Crippen molar-refractivity contribution in [2.24, 2.45) is 0 Å². The van der Waals surface area contributed by atoms with Crippen LogP contribution < -0.4 is 0 Å². The van der Waals surface area contributed by atoms with E-state index in [1.807, 2.05) is 61.5 Å². The van der Waals surface area contributed by atoms with Crippen molar-refractivity contribution in [2.75, 3.05) is 34.0 Å². The third kappa shape index (κ3) is 13.7. The summed E-state index contributed by atoms with van der Waals surface area (Å²) < 4.78 is 19.4. The first kappa shape index (κ1) is 32.5. The number of benzene rings is 2. The van der Waals surface area contributed by atoms with Crippen LogP contribution in [0, 0.1) is 6.92 Å². The molecule has 38 heavy (non-hydrogen) atoms. The van der Waals surface area contributed by atoms with Gasteiger partial charge in [0.2, 0.25) is 5.82 Å². The van der Waals surface area contributed by atoms with Crippen molar-refractivity contribution in [1.29, 1.82) is 0 Å². The molecule has 206 valence electrons. The molecule has 0 N–H and O–H groups in total. The Labute approximate surface area is 227 Å². The smallest absolute Gasteiger partial charge is 0.330 e. The number of allylic oxidation sites excluding steroid dienone is 1. The summed E-state index contributed by atoms with van der Waals surface area (Å²) in [5.74, 6) is 0.743. The van der Waals surface area contributed by atoms with Gasteiger partial charge in [-0.25, -0.2) is 4.79 Å². The molecule has 0 aliphatic heterocycles. The standard InChI is InChI=1S/C18H16N2O.C7H16O.C6H10O3/c1-3-4-14-7-11-16(12-8-14)18-19-17(20-21-18)15-9-5-13(2)6-10-15;1-3-4-5-6-7-8-2;1-3-6(7)9-5-4-8-2/h3-12H,1-2H3;3-7H2,1-2H3;3H,1,4-5H2,2H3/b4-3+;;. The quantitative estimate of drug-likeness (QED) is 0.140. The first-order valence-corrected chi connectivity index (χ1v) is 12.9. The number of carbonyl (C=O) groups is 1. The lowest BCUT2D eigenvalue weighted by atomic mass is 10.1. The monoisotopic (exact) mass is 522 g/mol. The number of hydrogen-bond acceptors (Lipinski definition) is 7. The van der Waals surface area contributed by atoms with Crippen LogP contribution in [0.1, 0.15) is 50.7 Å². The Hall–Kier alpha value is -3.55. The van der Waals surface area contributed by atoms with Gasteiger partial charge in [0.25, 0.3) is 5.89 Å². The van der Waals surface area contributed by atoms with Crippen LogP contribution in [0.2, 0.25) is 0 Å². The molecule has 0 unspecified atom stereocenters. The Balaban J connectivity index is 0.000000354. The number of unbranched alkanes of at least 4 members (excludes halogenated alkanes) is 3. The second-order valence-electron chi connectivity index (χ2n) is 8.33. The van der Waals surface area contributed by atoms with Gasteiger partial charge in [0.05, 0.1) is 6.61 Å². The highest BCUT2D eigenvalue weighted by Crippen LogP contribution is 2.23. The lowest BCUT2D eigenvalue weighted by molar-refractivity contribution is -0.138. The highest BCUT2D eigenvalue weighted by atomic mass is 16.6. The number of carbonyl (C=O) groups excluding carboxylic acids is 1. The van der Waals surface area contributed by atoms with E-state index < -0.39 is 5.97 Å². The first-order chi connectivity index (χ1) is 18.5. The molecule has 0 spiro atoms. The molecule has 0 bridgehead atoms. The maximum Gasteiger partial charge on any atom is 0.330 e. The van der Waals surface area contributed by atoms with Crippen LogP contribution in [0.15, 0.2) is 71.8 Å². The molecule has 0 saturated heterocycles. The normalized spacial score (nSPS) is 10.2. The molecule has 0 fully saturated rings. The molecule has 7 nitrogen and oxygen atoms in total. The summed E-state index contributed by atoms with van der Waals surface area (Å²) in [7, 11) is 3.30. The van der Waals surface area contributed by atoms with Crippen LogP contribution in [-0.2, 0) is 19.0 Å². The van der Waals surface area contributed by atoms with Crippen LogP contribution in [-0.4, -0.2) is 50.2 Å². The third-order valence-electron chi connectivity index (χ3n) is 5.15. The second-order valence-corrected chi connectivity index (χ2v) is 8.33. The van der Waals surface area contributed by atoms with E-state index >= 15 is 0 Å². The van der Waals surface area contributed by atoms with Crippen molar-refractivity contribution in [1.82, 2.24) is 10.1 Å². The molecule has 0 radical (unpaired) electrons. The summed E-state index contributed by atoms with van der Waals surface area (Å²) in [6.07, 6.45) is 10.4. The Morgan fingerprint density at radius 2 is 1.58 bits per heavy atom. The fraction of sp³-hybridized carbons (Fsp3) is 0.387. The minimum absolute atomic E-state index is 0.293. The van der Waals surface area contributed by atoms with Crippen LogP contribution in [0.5, 0.6) is 0 Å². The van der Waals surface area contributed by atoms with Gasteiger partial charge in [-0.2, -0.15) is 4.98 Å². The number of methoxy groups -OCH3 is 2. The summed E-state index contributed by atoms with van der Waals surface area (Å²) in [6, 6.07) is 16.1. The molecule has 2 aromatic carbocycles. The number of nitrogens with zero attached hydrogens (tertiary/aromatic N) is 2. The number of ether oxygens (including phenoxy) is 3. The van der Waals surface area contributed by atoms with E-state index in [0.29, 0.717) is 24.9 Å². The van der Waals surface area contributed by atoms with Gasteiger partial charge in [-0.3, -0.25) is 0 Å². The van der Waals surface area contributed by atoms with Crippen molar-refractivity contribution in [2.45, 2.75) is 46.5 Å². The number of esters is 1. The largest absolute Gasteiger partial charge is 0.460 e. The van der Waals surface area contributed by atoms with E-state index in [4.69, 9.17) is 9.26 Å². The number of rotatable bonds is 12. The number of aromatic nitrogens is 2. The van der Waals surface area contributed by atoms with E-state index in [1.165, 1.54) is 31.2 Å². The van der Waals surface area contributed by atoms with Crippen LogP contribution in [0.4, 0.5) is 0 Å². The molecular formula is C31H42N2O5. The van der Waals surface area contributed by atoms with E-state index in [9.17, 15) is 4.79 Å². The Bertz CT molecular complexity index is 1050. The third-order valence-corrected chi connectivity index (χ3v) is 5.15. The van der Waals surface area contributed by atoms with E-state index in [0.717, 1.165) is 29.4 Å². The highest BCUT2D eigenvalue weighted by Gasteiger charge is 2.10. The molecule has 3 aromatic rings.